The number of carbonyl (C=O) groups is 2. The van der Waals surface area contributed by atoms with Gasteiger partial charge in [0.1, 0.15) is 16.8 Å². The molecule has 7 rings (SSSR count). The van der Waals surface area contributed by atoms with Gasteiger partial charge in [0.25, 0.3) is 11.8 Å². The van der Waals surface area contributed by atoms with Gasteiger partial charge in [-0.3, -0.25) is 9.59 Å². The van der Waals surface area contributed by atoms with Crippen molar-refractivity contribution >= 4 is 33.8 Å². The molecule has 9 heteroatoms. The largest absolute Gasteiger partial charge is 0.492 e. The number of H-pyrrole nitrogens is 1. The maximum atomic E-state index is 13.7. The smallest absolute Gasteiger partial charge is 0.257 e. The number of nitrogens with one attached hydrogen (secondary N) is 1. The topological polar surface area (TPSA) is 96.3 Å². The Hall–Kier alpha value is -3.88. The molecule has 3 aliphatic rings. The van der Waals surface area contributed by atoms with Crippen LogP contribution < -0.4 is 4.74 Å². The van der Waals surface area contributed by atoms with Gasteiger partial charge in [0.2, 0.25) is 0 Å². The van der Waals surface area contributed by atoms with Crippen LogP contribution in [0.3, 0.4) is 0 Å². The number of nitrogens with zero attached hydrogens (tertiary/aromatic N) is 5. The second-order valence-electron chi connectivity index (χ2n) is 10.5. The van der Waals surface area contributed by atoms with Crippen molar-refractivity contribution in [3.8, 4) is 5.75 Å². The van der Waals surface area contributed by atoms with E-state index in [-0.39, 0.29) is 14.7 Å². The third-order valence-corrected chi connectivity index (χ3v) is 8.83. The van der Waals surface area contributed by atoms with E-state index < -0.39 is 0 Å². The number of carbonyl (C=O) groups excluding carboxylic acids is 2. The van der Waals surface area contributed by atoms with Crippen molar-refractivity contribution in [3.05, 3.63) is 53.7 Å². The Kier molecular flexibility index (Phi) is 5.02. The van der Waals surface area contributed by atoms with Crippen LogP contribution in [0.2, 0.25) is 0 Å². The number of aromatic amines is 1. The Balaban J connectivity index is 0.00000154. The van der Waals surface area contributed by atoms with Gasteiger partial charge in [-0.25, -0.2) is 0 Å². The summed E-state index contributed by atoms with van der Waals surface area (Å²) in [6.07, 6.45) is 2.05. The fourth-order valence-corrected chi connectivity index (χ4v) is 7.02. The molecule has 2 unspecified atom stereocenters. The molecule has 0 bridgehead atoms. The van der Waals surface area contributed by atoms with Crippen LogP contribution in [0.5, 0.6) is 5.75 Å². The highest BCUT2D eigenvalue weighted by Crippen LogP contribution is 2.54. The average molecular weight is 503 g/mol. The fraction of sp³-hybridized carbons (Fsp3) is 0.429. The van der Waals surface area contributed by atoms with Crippen molar-refractivity contribution in [1.29, 1.82) is 0 Å². The lowest BCUT2D eigenvalue weighted by atomic mass is 9.60. The third-order valence-electron chi connectivity index (χ3n) is 8.83. The second kappa shape index (κ2) is 8.33. The molecule has 194 valence electrons. The number of hydrogen-bond acceptors (Lipinski definition) is 5. The van der Waals surface area contributed by atoms with Gasteiger partial charge >= 0.3 is 0 Å². The van der Waals surface area contributed by atoms with Crippen LogP contribution in [-0.4, -0.2) is 74.4 Å². The first-order chi connectivity index (χ1) is 18.1. The van der Waals surface area contributed by atoms with Crippen LogP contribution in [0.1, 0.15) is 37.4 Å². The average Bonchev–Trinajstić information content (AvgIpc) is 3.70. The molecule has 1 N–H and O–H groups in total. The molecule has 0 radical (unpaired) electrons. The quantitative estimate of drug-likeness (QED) is 0.446. The van der Waals surface area contributed by atoms with Crippen LogP contribution in [-0.2, 0) is 6.54 Å². The molecule has 9 nitrogen and oxygen atoms in total. The molecule has 3 fully saturated rings. The molecule has 2 aliphatic heterocycles. The number of aromatic nitrogens is 4. The van der Waals surface area contributed by atoms with E-state index in [1.54, 1.807) is 0 Å². The summed E-state index contributed by atoms with van der Waals surface area (Å²) < 4.78 is 8.19. The molecule has 0 spiro atoms. The van der Waals surface area contributed by atoms with E-state index in [4.69, 9.17) is 4.74 Å². The normalized spacial score (nSPS) is 24.4. The van der Waals surface area contributed by atoms with E-state index in [1.807, 2.05) is 53.1 Å². The number of hydrogen-bond donors (Lipinski definition) is 1. The monoisotopic (exact) mass is 502 g/mol. The van der Waals surface area contributed by atoms with Gasteiger partial charge in [-0.15, -0.1) is 0 Å². The molecule has 1 aliphatic carbocycles. The molecule has 4 aromatic rings. The molecule has 4 heterocycles. The minimum absolute atomic E-state index is 0. The van der Waals surface area contributed by atoms with E-state index in [9.17, 15) is 9.59 Å². The lowest BCUT2D eigenvalue weighted by Gasteiger charge is -2.42. The van der Waals surface area contributed by atoms with Crippen LogP contribution in [0.25, 0.3) is 21.9 Å². The zero-order valence-corrected chi connectivity index (χ0v) is 21.1. The van der Waals surface area contributed by atoms with Crippen molar-refractivity contribution in [1.82, 2.24) is 29.8 Å². The zero-order chi connectivity index (χ0) is 25.3. The highest BCUT2D eigenvalue weighted by atomic mass is 16.5. The van der Waals surface area contributed by atoms with Crippen molar-refractivity contribution in [2.75, 3.05) is 32.8 Å². The number of likely N-dealkylation sites (tertiary alicyclic amines) is 2. The highest BCUT2D eigenvalue weighted by Gasteiger charge is 2.59. The van der Waals surface area contributed by atoms with E-state index in [2.05, 4.69) is 33.1 Å². The van der Waals surface area contributed by atoms with Gasteiger partial charge in [0, 0.05) is 52.7 Å². The zero-order valence-electron chi connectivity index (χ0n) is 21.1. The van der Waals surface area contributed by atoms with E-state index in [1.165, 1.54) is 0 Å². The Bertz CT molecular complexity index is 1530. The van der Waals surface area contributed by atoms with E-state index in [0.717, 1.165) is 49.1 Å². The summed E-state index contributed by atoms with van der Waals surface area (Å²) >= 11 is 0. The fourth-order valence-electron chi connectivity index (χ4n) is 7.02. The lowest BCUT2D eigenvalue weighted by Crippen LogP contribution is -2.44. The first-order valence-electron chi connectivity index (χ1n) is 13.2. The van der Waals surface area contributed by atoms with Crippen molar-refractivity contribution in [2.45, 2.75) is 20.4 Å². The molecule has 2 amide bonds. The predicted molar refractivity (Wildman–Crippen MR) is 143 cm³/mol. The van der Waals surface area contributed by atoms with Crippen LogP contribution in [0, 0.1) is 23.7 Å². The van der Waals surface area contributed by atoms with Gasteiger partial charge in [-0.2, -0.15) is 15.4 Å². The van der Waals surface area contributed by atoms with Crippen molar-refractivity contribution < 1.29 is 17.2 Å². The molecule has 2 aromatic heterocycles. The molecular formula is C28H34N6O3. The lowest BCUT2D eigenvalue weighted by molar-refractivity contribution is 0.0629. The summed E-state index contributed by atoms with van der Waals surface area (Å²) in [4.78, 5) is 30.9. The standard InChI is InChI=1S/C28H30N6O3.2H2/c1-3-32-10-9-17-25(32)8-6-18(26(17)37-4-2)28(36)34-14-21-19-12-33(13-20(19)22(21)15-34)27(35)16-5-7-23-24(11-16)30-31-29-23;;/h5-11,19-22H,3-4,12-15H2,1-2H3,(H,29,30,31);2*1H/t19-,20+,21?,22?;;. The minimum atomic E-state index is 0. The predicted octanol–water partition coefficient (Wildman–Crippen LogP) is 3.91. The van der Waals surface area contributed by atoms with Crippen LogP contribution in [0.4, 0.5) is 0 Å². The van der Waals surface area contributed by atoms with E-state index >= 15 is 0 Å². The van der Waals surface area contributed by atoms with Crippen molar-refractivity contribution in [3.63, 3.8) is 0 Å². The summed E-state index contributed by atoms with van der Waals surface area (Å²) in [6.45, 7) is 8.45. The summed E-state index contributed by atoms with van der Waals surface area (Å²) in [5.41, 5.74) is 3.85. The number of aryl methyl sites for hydroxylation is 1. The Morgan fingerprint density at radius 2 is 1.59 bits per heavy atom. The number of rotatable bonds is 5. The van der Waals surface area contributed by atoms with E-state index in [0.29, 0.717) is 52.7 Å². The van der Waals surface area contributed by atoms with Crippen LogP contribution >= 0.6 is 0 Å². The molecule has 4 atom stereocenters. The Morgan fingerprint density at radius 1 is 0.919 bits per heavy atom. The Labute approximate surface area is 217 Å². The summed E-state index contributed by atoms with van der Waals surface area (Å²) in [7, 11) is 0. The highest BCUT2D eigenvalue weighted by molar-refractivity contribution is 6.03. The third kappa shape index (κ3) is 3.29. The summed E-state index contributed by atoms with van der Waals surface area (Å²) in [6, 6.07) is 11.5. The van der Waals surface area contributed by atoms with Gasteiger partial charge in [0.05, 0.1) is 17.7 Å². The number of fused-ring (bicyclic) bond motifs is 6. The SMILES string of the molecule is CCOc1c(C(=O)N2CC3C(C2)[C@@H]2CN(C(=O)c4ccc5n[nH]nc5c4)C[C@H]32)ccc2c1ccn2CC.[HH].[HH]. The number of ether oxygens (including phenoxy) is 1. The molecule has 1 saturated carbocycles. The molecule has 2 aromatic carbocycles. The summed E-state index contributed by atoms with van der Waals surface area (Å²) in [5, 5.41) is 11.8. The Morgan fingerprint density at radius 3 is 2.27 bits per heavy atom. The number of benzene rings is 2. The maximum Gasteiger partial charge on any atom is 0.257 e. The van der Waals surface area contributed by atoms with Crippen LogP contribution in [0.15, 0.2) is 42.6 Å². The molecule has 37 heavy (non-hydrogen) atoms. The summed E-state index contributed by atoms with van der Waals surface area (Å²) in [5.74, 6) is 2.60. The minimum Gasteiger partial charge on any atom is -0.492 e. The van der Waals surface area contributed by atoms with Gasteiger partial charge in [0.15, 0.2) is 0 Å². The van der Waals surface area contributed by atoms with Gasteiger partial charge in [-0.05, 0) is 73.9 Å². The first kappa shape index (κ1) is 22.3. The molecular weight excluding hydrogens is 468 g/mol. The maximum absolute atomic E-state index is 13.7. The van der Waals surface area contributed by atoms with Crippen molar-refractivity contribution in [2.24, 2.45) is 23.7 Å². The molecule has 2 saturated heterocycles. The van der Waals surface area contributed by atoms with Gasteiger partial charge < -0.3 is 19.1 Å². The number of amides is 2. The van der Waals surface area contributed by atoms with Gasteiger partial charge in [-0.1, -0.05) is 0 Å². The first-order valence-corrected chi connectivity index (χ1v) is 13.2. The second-order valence-corrected chi connectivity index (χ2v) is 10.5.